The first kappa shape index (κ1) is 13.5. The molecule has 0 N–H and O–H groups in total. The Morgan fingerprint density at radius 1 is 1.25 bits per heavy atom. The van der Waals surface area contributed by atoms with Gasteiger partial charge in [-0.2, -0.15) is 0 Å². The Morgan fingerprint density at radius 3 is 2.12 bits per heavy atom. The normalized spacial score (nSPS) is 15.8. The molecule has 0 heterocycles. The lowest BCUT2D eigenvalue weighted by atomic mass is 9.96. The van der Waals surface area contributed by atoms with Gasteiger partial charge < -0.3 is 0 Å². The van der Waals surface area contributed by atoms with Crippen LogP contribution in [0, 0.1) is 0 Å². The van der Waals surface area contributed by atoms with Crippen LogP contribution in [0.3, 0.4) is 0 Å². The highest BCUT2D eigenvalue weighted by molar-refractivity contribution is 7.90. The van der Waals surface area contributed by atoms with Crippen molar-refractivity contribution in [2.45, 2.75) is 36.5 Å². The fourth-order valence-electron chi connectivity index (χ4n) is 1.58. The number of hydrogen-bond donors (Lipinski definition) is 0. The third-order valence-corrected chi connectivity index (χ3v) is 4.58. The van der Waals surface area contributed by atoms with Gasteiger partial charge in [-0.3, -0.25) is 0 Å². The molecule has 0 bridgehead atoms. The van der Waals surface area contributed by atoms with E-state index in [1.807, 2.05) is 19.1 Å². The first-order valence-corrected chi connectivity index (χ1v) is 7.63. The van der Waals surface area contributed by atoms with Gasteiger partial charge in [-0.1, -0.05) is 26.0 Å². The van der Waals surface area contributed by atoms with Crippen molar-refractivity contribution in [2.24, 2.45) is 0 Å². The minimum absolute atomic E-state index is 0.0871. The molecule has 0 fully saturated rings. The maximum atomic E-state index is 11.3. The maximum Gasteiger partial charge on any atom is 0.175 e. The summed E-state index contributed by atoms with van der Waals surface area (Å²) in [6, 6.07) is 6.96. The summed E-state index contributed by atoms with van der Waals surface area (Å²) in [5.74, 6) is 0.236. The second kappa shape index (κ2) is 5.19. The quantitative estimate of drug-likeness (QED) is 0.779. The summed E-state index contributed by atoms with van der Waals surface area (Å²) in [7, 11) is -3.10. The predicted molar refractivity (Wildman–Crippen MR) is 67.9 cm³/mol. The van der Waals surface area contributed by atoms with Crippen LogP contribution in [0.4, 0.5) is 0 Å². The Labute approximate surface area is 103 Å². The van der Waals surface area contributed by atoms with Gasteiger partial charge in [0, 0.05) is 11.6 Å². The van der Waals surface area contributed by atoms with Crippen molar-refractivity contribution in [3.63, 3.8) is 0 Å². The van der Waals surface area contributed by atoms with E-state index in [4.69, 9.17) is 11.6 Å². The van der Waals surface area contributed by atoms with Gasteiger partial charge in [0.25, 0.3) is 0 Å². The van der Waals surface area contributed by atoms with Crippen LogP contribution in [0.5, 0.6) is 0 Å². The molecular weight excluding hydrogens is 244 g/mol. The summed E-state index contributed by atoms with van der Waals surface area (Å²) >= 11 is 6.16. The lowest BCUT2D eigenvalue weighted by Gasteiger charge is -2.16. The van der Waals surface area contributed by atoms with Crippen molar-refractivity contribution in [1.29, 1.82) is 0 Å². The number of benzene rings is 1. The first-order valence-electron chi connectivity index (χ1n) is 5.30. The number of hydrogen-bond acceptors (Lipinski definition) is 2. The van der Waals surface area contributed by atoms with E-state index < -0.39 is 9.84 Å². The number of rotatable bonds is 4. The molecule has 1 aromatic rings. The molecule has 0 radical (unpaired) electrons. The molecular formula is C12H17ClO2S. The Bertz CT molecular complexity index is 437. The molecule has 0 aliphatic heterocycles. The third-order valence-electron chi connectivity index (χ3n) is 2.77. The Balaban J connectivity index is 2.96. The van der Waals surface area contributed by atoms with Crippen LogP contribution in [0.1, 0.15) is 31.7 Å². The van der Waals surface area contributed by atoms with E-state index in [-0.39, 0.29) is 11.3 Å². The highest BCUT2D eigenvalue weighted by atomic mass is 35.5. The maximum absolute atomic E-state index is 11.3. The largest absolute Gasteiger partial charge is 0.224 e. The Kier molecular flexibility index (Phi) is 4.39. The fraction of sp³-hybridized carbons (Fsp3) is 0.500. The van der Waals surface area contributed by atoms with Crippen LogP contribution in [0.15, 0.2) is 29.2 Å². The molecule has 0 aliphatic rings. The lowest BCUT2D eigenvalue weighted by molar-refractivity contribution is 0.601. The van der Waals surface area contributed by atoms with Gasteiger partial charge in [0.15, 0.2) is 9.84 Å². The molecule has 2 atom stereocenters. The van der Waals surface area contributed by atoms with Gasteiger partial charge in [-0.15, -0.1) is 11.6 Å². The molecule has 2 unspecified atom stereocenters. The zero-order valence-corrected chi connectivity index (χ0v) is 11.3. The highest BCUT2D eigenvalue weighted by Gasteiger charge is 2.15. The van der Waals surface area contributed by atoms with Gasteiger partial charge in [-0.25, -0.2) is 8.42 Å². The molecule has 1 aromatic carbocycles. The molecule has 1 rings (SSSR count). The van der Waals surface area contributed by atoms with Crippen molar-refractivity contribution in [1.82, 2.24) is 0 Å². The topological polar surface area (TPSA) is 34.1 Å². The summed E-state index contributed by atoms with van der Waals surface area (Å²) < 4.78 is 22.6. The summed E-state index contributed by atoms with van der Waals surface area (Å²) in [6.07, 6.45) is 2.11. The van der Waals surface area contributed by atoms with E-state index in [9.17, 15) is 8.42 Å². The number of halogens is 1. The molecule has 0 amide bonds. The van der Waals surface area contributed by atoms with E-state index in [0.717, 1.165) is 12.0 Å². The number of alkyl halides is 1. The first-order chi connectivity index (χ1) is 7.36. The van der Waals surface area contributed by atoms with Gasteiger partial charge in [0.1, 0.15) is 0 Å². The second-order valence-corrected chi connectivity index (χ2v) is 6.63. The van der Waals surface area contributed by atoms with Gasteiger partial charge >= 0.3 is 0 Å². The van der Waals surface area contributed by atoms with Crippen LogP contribution in [-0.2, 0) is 9.84 Å². The Hall–Kier alpha value is -0.540. The van der Waals surface area contributed by atoms with E-state index in [0.29, 0.717) is 4.90 Å². The molecule has 0 aliphatic carbocycles. The average molecular weight is 261 g/mol. The average Bonchev–Trinajstić information content (AvgIpc) is 2.26. The van der Waals surface area contributed by atoms with Crippen LogP contribution in [0.2, 0.25) is 0 Å². The van der Waals surface area contributed by atoms with E-state index in [1.54, 1.807) is 12.1 Å². The summed E-state index contributed by atoms with van der Waals surface area (Å²) in [5, 5.41) is 0.0871. The van der Waals surface area contributed by atoms with Crippen molar-refractivity contribution >= 4 is 21.4 Å². The van der Waals surface area contributed by atoms with Crippen molar-refractivity contribution in [3.05, 3.63) is 29.8 Å². The standard InChI is InChI=1S/C12H17ClO2S/c1-4-12(13)9(2)10-5-7-11(8-6-10)16(3,14)15/h5-9,12H,4H2,1-3H3. The monoisotopic (exact) mass is 260 g/mol. The Morgan fingerprint density at radius 2 is 1.75 bits per heavy atom. The van der Waals surface area contributed by atoms with Gasteiger partial charge in [0.2, 0.25) is 0 Å². The minimum atomic E-state index is -3.10. The van der Waals surface area contributed by atoms with Crippen LogP contribution < -0.4 is 0 Å². The molecule has 0 saturated carbocycles. The lowest BCUT2D eigenvalue weighted by Crippen LogP contribution is -2.08. The summed E-state index contributed by atoms with van der Waals surface area (Å²) in [6.45, 7) is 4.09. The zero-order valence-electron chi connectivity index (χ0n) is 9.77. The van der Waals surface area contributed by atoms with Crippen molar-refractivity contribution < 1.29 is 8.42 Å². The molecule has 90 valence electrons. The predicted octanol–water partition coefficient (Wildman–Crippen LogP) is 3.21. The van der Waals surface area contributed by atoms with Crippen LogP contribution in [-0.4, -0.2) is 20.1 Å². The molecule has 0 aromatic heterocycles. The van der Waals surface area contributed by atoms with Gasteiger partial charge in [-0.05, 0) is 30.0 Å². The van der Waals surface area contributed by atoms with E-state index in [1.165, 1.54) is 6.26 Å². The van der Waals surface area contributed by atoms with Crippen molar-refractivity contribution in [2.75, 3.05) is 6.26 Å². The summed E-state index contributed by atoms with van der Waals surface area (Å²) in [4.78, 5) is 0.353. The van der Waals surface area contributed by atoms with E-state index in [2.05, 4.69) is 6.92 Å². The SMILES string of the molecule is CCC(Cl)C(C)c1ccc(S(C)(=O)=O)cc1. The zero-order chi connectivity index (χ0) is 12.3. The molecule has 0 spiro atoms. The number of sulfone groups is 1. The fourth-order valence-corrected chi connectivity index (χ4v) is 2.36. The van der Waals surface area contributed by atoms with Gasteiger partial charge in [0.05, 0.1) is 4.90 Å². The molecule has 4 heteroatoms. The summed E-state index contributed by atoms with van der Waals surface area (Å²) in [5.41, 5.74) is 1.08. The van der Waals surface area contributed by atoms with Crippen molar-refractivity contribution in [3.8, 4) is 0 Å². The van der Waals surface area contributed by atoms with Crippen LogP contribution >= 0.6 is 11.6 Å². The third kappa shape index (κ3) is 3.22. The molecule has 2 nitrogen and oxygen atoms in total. The minimum Gasteiger partial charge on any atom is -0.224 e. The second-order valence-electron chi connectivity index (χ2n) is 4.05. The highest BCUT2D eigenvalue weighted by Crippen LogP contribution is 2.26. The van der Waals surface area contributed by atoms with Crippen LogP contribution in [0.25, 0.3) is 0 Å². The smallest absolute Gasteiger partial charge is 0.175 e. The molecule has 0 saturated heterocycles. The molecule has 16 heavy (non-hydrogen) atoms. The van der Waals surface area contributed by atoms with E-state index >= 15 is 0 Å².